The van der Waals surface area contributed by atoms with Crippen LogP contribution in [0.4, 0.5) is 4.39 Å². The molecule has 3 aromatic rings. The third-order valence-corrected chi connectivity index (χ3v) is 6.74. The summed E-state index contributed by atoms with van der Waals surface area (Å²) in [5, 5.41) is 1.03. The van der Waals surface area contributed by atoms with E-state index < -0.39 is 23.5 Å². The van der Waals surface area contributed by atoms with Crippen LogP contribution >= 0.6 is 15.9 Å². The van der Waals surface area contributed by atoms with Crippen molar-refractivity contribution in [3.8, 4) is 16.9 Å². The van der Waals surface area contributed by atoms with Crippen LogP contribution in [0.1, 0.15) is 50.1 Å². The van der Waals surface area contributed by atoms with Crippen LogP contribution in [0.5, 0.6) is 5.75 Å². The van der Waals surface area contributed by atoms with Gasteiger partial charge in [0, 0.05) is 28.0 Å². The van der Waals surface area contributed by atoms with E-state index in [-0.39, 0.29) is 11.3 Å². The van der Waals surface area contributed by atoms with Gasteiger partial charge in [0.05, 0.1) is 25.0 Å². The maximum atomic E-state index is 15.3. The fourth-order valence-corrected chi connectivity index (χ4v) is 5.05. The third-order valence-electron chi connectivity index (χ3n) is 6.24. The molecule has 1 unspecified atom stereocenters. The van der Waals surface area contributed by atoms with Gasteiger partial charge in [-0.05, 0) is 75.2 Å². The molecule has 35 heavy (non-hydrogen) atoms. The zero-order chi connectivity index (χ0) is 25.7. The van der Waals surface area contributed by atoms with Gasteiger partial charge in [0.2, 0.25) is 0 Å². The van der Waals surface area contributed by atoms with Gasteiger partial charge in [-0.2, -0.15) is 0 Å². The van der Waals surface area contributed by atoms with E-state index in [0.717, 1.165) is 22.0 Å². The number of ether oxygens (including phenoxy) is 3. The predicted molar refractivity (Wildman–Crippen MR) is 136 cm³/mol. The van der Waals surface area contributed by atoms with E-state index in [4.69, 9.17) is 14.2 Å². The highest BCUT2D eigenvalue weighted by molar-refractivity contribution is 9.10. The topological polar surface area (TPSA) is 66.8 Å². The molecule has 1 aromatic heterocycles. The highest BCUT2D eigenvalue weighted by Gasteiger charge is 2.35. The van der Waals surface area contributed by atoms with E-state index in [1.54, 1.807) is 19.2 Å². The van der Waals surface area contributed by atoms with Gasteiger partial charge in [-0.3, -0.25) is 4.79 Å². The van der Waals surface area contributed by atoms with Crippen LogP contribution in [-0.4, -0.2) is 29.9 Å². The van der Waals surface area contributed by atoms with Crippen molar-refractivity contribution in [3.63, 3.8) is 0 Å². The molecule has 0 radical (unpaired) electrons. The summed E-state index contributed by atoms with van der Waals surface area (Å²) in [4.78, 5) is 26.5. The molecule has 0 aliphatic carbocycles. The first-order valence-corrected chi connectivity index (χ1v) is 12.3. The van der Waals surface area contributed by atoms with Crippen LogP contribution < -0.4 is 10.3 Å². The predicted octanol–water partition coefficient (Wildman–Crippen LogP) is 5.77. The van der Waals surface area contributed by atoms with Crippen molar-refractivity contribution in [1.29, 1.82) is 0 Å². The normalized spacial score (nSPS) is 14.4. The first-order chi connectivity index (χ1) is 16.4. The summed E-state index contributed by atoms with van der Waals surface area (Å²) in [6, 6.07) is 6.78. The molecule has 1 aliphatic heterocycles. The summed E-state index contributed by atoms with van der Waals surface area (Å²) in [6.07, 6.45) is 0.244. The maximum Gasteiger partial charge on any atom is 0.341 e. The fourth-order valence-electron chi connectivity index (χ4n) is 4.69. The molecule has 0 saturated heterocycles. The minimum Gasteiger partial charge on any atom is -0.490 e. The Morgan fingerprint density at radius 2 is 1.94 bits per heavy atom. The van der Waals surface area contributed by atoms with Gasteiger partial charge in [-0.1, -0.05) is 22.0 Å². The molecule has 0 saturated carbocycles. The average molecular weight is 546 g/mol. The lowest BCUT2D eigenvalue weighted by Crippen LogP contribution is -2.33. The zero-order valence-corrected chi connectivity index (χ0v) is 22.3. The molecular formula is C27H29BrFNO5. The number of carbonyl (C=O) groups is 1. The number of benzene rings is 2. The second-order valence-electron chi connectivity index (χ2n) is 9.74. The summed E-state index contributed by atoms with van der Waals surface area (Å²) in [6.45, 7) is 7.84. The molecule has 186 valence electrons. The lowest BCUT2D eigenvalue weighted by Gasteiger charge is -2.30. The van der Waals surface area contributed by atoms with Crippen LogP contribution in [-0.2, 0) is 27.7 Å². The van der Waals surface area contributed by atoms with Gasteiger partial charge in [-0.25, -0.2) is 9.18 Å². The van der Waals surface area contributed by atoms with Crippen LogP contribution in [0, 0.1) is 12.7 Å². The summed E-state index contributed by atoms with van der Waals surface area (Å²) < 4.78 is 34.4. The number of aromatic nitrogens is 1. The molecule has 4 rings (SSSR count). The molecular weight excluding hydrogens is 517 g/mol. The number of hydrogen-bond donors (Lipinski definition) is 0. The molecule has 0 fully saturated rings. The highest BCUT2D eigenvalue weighted by atomic mass is 79.9. The second-order valence-corrected chi connectivity index (χ2v) is 10.7. The third kappa shape index (κ3) is 4.61. The Balaban J connectivity index is 2.18. The number of halogens is 2. The van der Waals surface area contributed by atoms with Gasteiger partial charge in [-0.15, -0.1) is 0 Å². The Morgan fingerprint density at radius 1 is 1.23 bits per heavy atom. The quantitative estimate of drug-likeness (QED) is 0.389. The van der Waals surface area contributed by atoms with Crippen molar-refractivity contribution in [3.05, 3.63) is 61.7 Å². The fraction of sp³-hybridized carbons (Fsp3) is 0.407. The lowest BCUT2D eigenvalue weighted by atomic mass is 9.87. The molecule has 0 N–H and O–H groups in total. The molecule has 0 spiro atoms. The second kappa shape index (κ2) is 9.39. The number of rotatable bonds is 4. The van der Waals surface area contributed by atoms with E-state index in [1.165, 1.54) is 17.7 Å². The molecule has 2 heterocycles. The van der Waals surface area contributed by atoms with Crippen molar-refractivity contribution < 1.29 is 23.4 Å². The van der Waals surface area contributed by atoms with Gasteiger partial charge in [0.15, 0.2) is 17.7 Å². The Labute approximate surface area is 212 Å². The largest absolute Gasteiger partial charge is 0.490 e. The minimum atomic E-state index is -1.21. The van der Waals surface area contributed by atoms with Crippen LogP contribution in [0.3, 0.4) is 0 Å². The molecule has 2 aromatic carbocycles. The van der Waals surface area contributed by atoms with E-state index >= 15 is 4.39 Å². The number of nitrogens with zero attached hydrogens (tertiary/aromatic N) is 1. The number of fused-ring (bicyclic) bond motifs is 2. The van der Waals surface area contributed by atoms with E-state index in [1.807, 2.05) is 33.8 Å². The van der Waals surface area contributed by atoms with E-state index in [9.17, 15) is 9.59 Å². The van der Waals surface area contributed by atoms with E-state index in [0.29, 0.717) is 40.6 Å². The lowest BCUT2D eigenvalue weighted by molar-refractivity contribution is -0.165. The van der Waals surface area contributed by atoms with Gasteiger partial charge >= 0.3 is 5.97 Å². The zero-order valence-electron chi connectivity index (χ0n) is 20.8. The minimum absolute atomic E-state index is 0.270. The van der Waals surface area contributed by atoms with Crippen LogP contribution in [0.25, 0.3) is 21.9 Å². The number of esters is 1. The molecule has 0 amide bonds. The summed E-state index contributed by atoms with van der Waals surface area (Å²) >= 11 is 3.45. The highest BCUT2D eigenvalue weighted by Crippen LogP contribution is 2.43. The maximum absolute atomic E-state index is 15.3. The Bertz CT molecular complexity index is 1390. The summed E-state index contributed by atoms with van der Waals surface area (Å²) in [5.41, 5.74) is 2.05. The molecule has 8 heteroatoms. The molecule has 0 bridgehead atoms. The first-order valence-electron chi connectivity index (χ1n) is 11.5. The average Bonchev–Trinajstić information content (AvgIpc) is 2.81. The Kier molecular flexibility index (Phi) is 6.81. The number of hydrogen-bond acceptors (Lipinski definition) is 5. The van der Waals surface area contributed by atoms with Crippen molar-refractivity contribution in [2.75, 3.05) is 13.7 Å². The van der Waals surface area contributed by atoms with Gasteiger partial charge in [0.1, 0.15) is 0 Å². The number of methoxy groups -OCH3 is 1. The molecule has 1 atom stereocenters. The standard InChI is InChI=1S/C27H29BrFNO5/c1-14-16-8-7-11-34-23(16)20(29)13-18(14)21-17-10-9-15(28)12-19(17)25(31)30(5)22(21)24(26(32)33-6)35-27(2,3)4/h9-10,12-13,24H,7-8,11H2,1-6H3. The van der Waals surface area contributed by atoms with Crippen LogP contribution in [0.2, 0.25) is 0 Å². The monoisotopic (exact) mass is 545 g/mol. The summed E-state index contributed by atoms with van der Waals surface area (Å²) in [7, 11) is 2.87. The van der Waals surface area contributed by atoms with Crippen molar-refractivity contribution in [2.45, 2.75) is 52.2 Å². The van der Waals surface area contributed by atoms with Crippen molar-refractivity contribution in [2.24, 2.45) is 7.05 Å². The van der Waals surface area contributed by atoms with Crippen molar-refractivity contribution >= 4 is 32.7 Å². The Hall–Kier alpha value is -2.71. The molecule has 1 aliphatic rings. The van der Waals surface area contributed by atoms with Crippen molar-refractivity contribution in [1.82, 2.24) is 4.57 Å². The van der Waals surface area contributed by atoms with Crippen LogP contribution in [0.15, 0.2) is 33.5 Å². The summed E-state index contributed by atoms with van der Waals surface area (Å²) in [5.74, 6) is -0.852. The SMILES string of the molecule is COC(=O)C(OC(C)(C)C)c1c(-c2cc(F)c3c(c2C)CCCO3)c2ccc(Br)cc2c(=O)n1C. The first kappa shape index (κ1) is 25.4. The number of pyridine rings is 1. The van der Waals surface area contributed by atoms with Gasteiger partial charge < -0.3 is 18.8 Å². The Morgan fingerprint density at radius 3 is 2.60 bits per heavy atom. The number of carbonyl (C=O) groups excluding carboxylic acids is 1. The smallest absolute Gasteiger partial charge is 0.341 e. The van der Waals surface area contributed by atoms with E-state index in [2.05, 4.69) is 15.9 Å². The van der Waals surface area contributed by atoms with Gasteiger partial charge in [0.25, 0.3) is 5.56 Å². The molecule has 6 nitrogen and oxygen atoms in total.